The molecule has 1 aromatic rings. The molecular weight excluding hydrogens is 743 g/mol. The van der Waals surface area contributed by atoms with Crippen LogP contribution < -0.4 is 26.5 Å². The van der Waals surface area contributed by atoms with Crippen LogP contribution in [0.4, 0.5) is 4.79 Å². The second kappa shape index (κ2) is 22.2. The Hall–Kier alpha value is -1.88. The normalized spacial score (nSPS) is 22.8. The molecule has 4 unspecified atom stereocenters. The van der Waals surface area contributed by atoms with Crippen LogP contribution in [0.15, 0.2) is 30.3 Å². The Morgan fingerprint density at radius 1 is 0.780 bits per heavy atom. The van der Waals surface area contributed by atoms with Crippen molar-refractivity contribution in [2.45, 2.75) is 144 Å². The molecule has 50 heavy (non-hydrogen) atoms. The minimum atomic E-state index is -0.581. The first-order chi connectivity index (χ1) is 24.1. The Morgan fingerprint density at radius 2 is 1.36 bits per heavy atom. The summed E-state index contributed by atoms with van der Waals surface area (Å²) in [5.41, 5.74) is 0.815. The first-order valence-electron chi connectivity index (χ1n) is 19.8. The second-order valence-electron chi connectivity index (χ2n) is 15.1. The first kappa shape index (κ1) is 42.5. The Morgan fingerprint density at radius 3 is 2.00 bits per heavy atom. The molecule has 286 valence electrons. The van der Waals surface area contributed by atoms with Gasteiger partial charge in [-0.25, -0.2) is 0 Å². The van der Waals surface area contributed by atoms with E-state index in [2.05, 4.69) is 61.4 Å². The van der Waals surface area contributed by atoms with Crippen LogP contribution in [0.25, 0.3) is 0 Å². The van der Waals surface area contributed by atoms with Gasteiger partial charge in [-0.1, -0.05) is 114 Å². The number of alkyl halides is 2. The monoisotopic (exact) mass is 811 g/mol. The standard InChI is InChI=1S/C41H68IN2O6/c1-6-8-10-11-12-13-14-15-16-17-18-20-25-35(31-34-23-21-19-22-24-34)32-44(5)27-26-43-38(47)50-30-29-49-37(46)40(4)41(42-40)33-39(41,3)36(45)48-28-9-7-2/h19,21-24,35H,6-18,20,25-33H2,1-5H3,(H,43,47)/q-1. The molecule has 0 aromatic heterocycles. The van der Waals surface area contributed by atoms with Crippen LogP contribution in [-0.2, 0) is 30.2 Å². The van der Waals surface area contributed by atoms with Crippen molar-refractivity contribution < 1.29 is 49.8 Å². The van der Waals surface area contributed by atoms with Gasteiger partial charge >= 0.3 is 177 Å². The van der Waals surface area contributed by atoms with Crippen LogP contribution >= 0.6 is 0 Å². The van der Waals surface area contributed by atoms with Crippen LogP contribution in [0, 0.1) is 11.3 Å². The molecule has 2 aliphatic rings. The van der Waals surface area contributed by atoms with Crippen molar-refractivity contribution in [3.63, 3.8) is 0 Å². The molecule has 9 heteroatoms. The number of alkyl carbamates (subject to hydrolysis) is 1. The van der Waals surface area contributed by atoms with Gasteiger partial charge in [0.1, 0.15) is 0 Å². The summed E-state index contributed by atoms with van der Waals surface area (Å²) in [6.07, 6.45) is 20.7. The van der Waals surface area contributed by atoms with E-state index in [4.69, 9.17) is 14.2 Å². The summed E-state index contributed by atoms with van der Waals surface area (Å²) in [7, 11) is 2.12. The fourth-order valence-corrected chi connectivity index (χ4v) is 12.1. The predicted molar refractivity (Wildman–Crippen MR) is 197 cm³/mol. The van der Waals surface area contributed by atoms with Crippen molar-refractivity contribution in [1.82, 2.24) is 10.2 Å². The number of hydrogen-bond donors (Lipinski definition) is 1. The van der Waals surface area contributed by atoms with E-state index in [-0.39, 0.29) is 28.6 Å². The summed E-state index contributed by atoms with van der Waals surface area (Å²) in [6.45, 7) is 10.8. The summed E-state index contributed by atoms with van der Waals surface area (Å²) < 4.78 is 15.4. The van der Waals surface area contributed by atoms with E-state index in [1.54, 1.807) is 0 Å². The Labute approximate surface area is 314 Å². The number of halogens is 1. The Balaban J connectivity index is 1.26. The number of carbonyl (C=O) groups excluding carboxylic acids is 3. The second-order valence-corrected chi connectivity index (χ2v) is 19.6. The van der Waals surface area contributed by atoms with Crippen LogP contribution in [0.2, 0.25) is 0 Å². The van der Waals surface area contributed by atoms with Crippen molar-refractivity contribution in [2.75, 3.05) is 46.5 Å². The van der Waals surface area contributed by atoms with Gasteiger partial charge in [-0.2, -0.15) is 0 Å². The molecule has 1 N–H and O–H groups in total. The third-order valence-electron chi connectivity index (χ3n) is 10.7. The number of nitrogens with one attached hydrogen (secondary N) is 1. The average Bonchev–Trinajstić information content (AvgIpc) is 3.94. The zero-order valence-electron chi connectivity index (χ0n) is 32.0. The molecule has 1 aliphatic heterocycles. The number of esters is 2. The summed E-state index contributed by atoms with van der Waals surface area (Å²) in [4.78, 5) is 40.2. The van der Waals surface area contributed by atoms with Crippen LogP contribution in [-0.4, -0.2) is 76.3 Å². The molecule has 1 heterocycles. The van der Waals surface area contributed by atoms with Gasteiger partial charge in [0.2, 0.25) is 0 Å². The molecule has 1 aliphatic carbocycles. The Kier molecular flexibility index (Phi) is 18.9. The SMILES string of the molecule is CCCCCCCCCCCCCCC(Cc1ccccc1)CN(C)CCNC(=O)OCCOC(=O)C1(C)[I-]C12CC2(C)C(=O)OCCCC. The van der Waals surface area contributed by atoms with Crippen LogP contribution in [0.3, 0.4) is 0 Å². The fraction of sp³-hybridized carbons (Fsp3) is 0.780. The maximum atomic E-state index is 12.9. The van der Waals surface area contributed by atoms with Gasteiger partial charge in [0, 0.05) is 0 Å². The summed E-state index contributed by atoms with van der Waals surface area (Å²) in [5.74, 6) is 0.107. The molecular formula is C41H68IN2O6-. The third kappa shape index (κ3) is 13.3. The van der Waals surface area contributed by atoms with Crippen molar-refractivity contribution >= 4 is 18.0 Å². The van der Waals surface area contributed by atoms with Gasteiger partial charge in [-0.15, -0.1) is 0 Å². The van der Waals surface area contributed by atoms with Crippen LogP contribution in [0.5, 0.6) is 0 Å². The zero-order chi connectivity index (χ0) is 36.3. The van der Waals surface area contributed by atoms with Gasteiger partial charge in [-0.05, 0) is 24.3 Å². The van der Waals surface area contributed by atoms with E-state index in [0.717, 1.165) is 32.4 Å². The quantitative estimate of drug-likeness (QED) is 0.0394. The zero-order valence-corrected chi connectivity index (χ0v) is 34.2. The van der Waals surface area contributed by atoms with Crippen molar-refractivity contribution in [3.05, 3.63) is 35.9 Å². The number of amides is 1. The molecule has 4 atom stereocenters. The number of nitrogens with zero attached hydrogens (tertiary/aromatic N) is 1. The van der Waals surface area contributed by atoms with E-state index in [1.165, 1.54) is 89.0 Å². The summed E-state index contributed by atoms with van der Waals surface area (Å²) in [6, 6.07) is 10.8. The maximum absolute atomic E-state index is 12.9. The molecule has 2 fully saturated rings. The molecule has 1 aromatic carbocycles. The van der Waals surface area contributed by atoms with Crippen molar-refractivity contribution in [1.29, 1.82) is 0 Å². The van der Waals surface area contributed by atoms with Crippen LogP contribution in [0.1, 0.15) is 136 Å². The molecule has 1 amide bonds. The average molecular weight is 812 g/mol. The number of likely N-dealkylation sites (N-methyl/N-ethyl adjacent to an activating group) is 1. The molecule has 8 nitrogen and oxygen atoms in total. The molecule has 0 radical (unpaired) electrons. The Bertz CT molecular complexity index is 1150. The van der Waals surface area contributed by atoms with Crippen molar-refractivity contribution in [3.8, 4) is 0 Å². The van der Waals surface area contributed by atoms with E-state index in [9.17, 15) is 14.4 Å². The summed E-state index contributed by atoms with van der Waals surface area (Å²) in [5, 5.41) is 2.84. The molecule has 0 bridgehead atoms. The molecule has 1 saturated carbocycles. The van der Waals surface area contributed by atoms with Gasteiger partial charge < -0.3 is 0 Å². The first-order valence-corrected chi connectivity index (χ1v) is 21.9. The van der Waals surface area contributed by atoms with Gasteiger partial charge in [0.15, 0.2) is 0 Å². The number of benzene rings is 1. The van der Waals surface area contributed by atoms with E-state index in [1.807, 2.05) is 13.8 Å². The number of carbonyl (C=O) groups is 3. The number of unbranched alkanes of at least 4 members (excludes halogenated alkanes) is 12. The minimum absolute atomic E-state index is 0.00331. The fourth-order valence-electron chi connectivity index (χ4n) is 7.28. The van der Waals surface area contributed by atoms with Gasteiger partial charge in [0.25, 0.3) is 0 Å². The third-order valence-corrected chi connectivity index (χ3v) is 16.2. The van der Waals surface area contributed by atoms with E-state index in [0.29, 0.717) is 25.5 Å². The molecule has 1 spiro atoms. The van der Waals surface area contributed by atoms with E-state index < -0.39 is 36.1 Å². The van der Waals surface area contributed by atoms with Gasteiger partial charge in [0.05, 0.1) is 0 Å². The molecule has 1 saturated heterocycles. The van der Waals surface area contributed by atoms with E-state index >= 15 is 0 Å². The van der Waals surface area contributed by atoms with Crippen molar-refractivity contribution in [2.24, 2.45) is 11.3 Å². The topological polar surface area (TPSA) is 94.2 Å². The molecule has 3 rings (SSSR count). The number of hydrogen-bond acceptors (Lipinski definition) is 7. The van der Waals surface area contributed by atoms with Gasteiger partial charge in [-0.3, -0.25) is 0 Å². The summed E-state index contributed by atoms with van der Waals surface area (Å²) >= 11 is -0.511. The predicted octanol–water partition coefficient (Wildman–Crippen LogP) is 5.49. The number of rotatable bonds is 28. The number of ether oxygens (including phenoxy) is 3.